The van der Waals surface area contributed by atoms with Crippen LogP contribution in [0.2, 0.25) is 0 Å². The van der Waals surface area contributed by atoms with Crippen molar-refractivity contribution in [3.8, 4) is 11.5 Å². The van der Waals surface area contributed by atoms with Gasteiger partial charge in [0.15, 0.2) is 11.5 Å². The fraction of sp³-hybridized carbons (Fsp3) is 0.500. The van der Waals surface area contributed by atoms with Crippen molar-refractivity contribution >= 4 is 27.8 Å². The summed E-state index contributed by atoms with van der Waals surface area (Å²) in [6.45, 7) is 6.31. The van der Waals surface area contributed by atoms with Crippen molar-refractivity contribution < 1.29 is 31.7 Å². The van der Waals surface area contributed by atoms with Crippen LogP contribution in [0.5, 0.6) is 11.5 Å². The molecule has 2 aromatic carbocycles. The Labute approximate surface area is 236 Å². The molecule has 2 aliphatic rings. The summed E-state index contributed by atoms with van der Waals surface area (Å²) in [7, 11) is 1.98. The average molecular weight is 575 g/mol. The van der Waals surface area contributed by atoms with E-state index in [1.165, 1.54) is 33.2 Å². The Bertz CT molecular complexity index is 1340. The lowest BCUT2D eigenvalue weighted by Gasteiger charge is -2.36. The van der Waals surface area contributed by atoms with Crippen LogP contribution in [0.1, 0.15) is 52.1 Å². The van der Waals surface area contributed by atoms with E-state index >= 15 is 0 Å². The quantitative estimate of drug-likeness (QED) is 0.279. The number of imide groups is 1. The zero-order chi connectivity index (χ0) is 29.0. The molecule has 0 radical (unpaired) electrons. The Hall–Kier alpha value is -3.19. The van der Waals surface area contributed by atoms with Crippen molar-refractivity contribution in [3.05, 3.63) is 53.1 Å². The highest BCUT2D eigenvalue weighted by molar-refractivity contribution is 7.84. The molecule has 2 aromatic rings. The molecule has 2 heterocycles. The van der Waals surface area contributed by atoms with Crippen LogP contribution in [-0.4, -0.2) is 102 Å². The zero-order valence-corrected chi connectivity index (χ0v) is 24.6. The van der Waals surface area contributed by atoms with E-state index in [2.05, 4.69) is 16.7 Å². The molecule has 2 amide bonds. The van der Waals surface area contributed by atoms with E-state index in [9.17, 15) is 18.0 Å². The molecule has 1 atom stereocenters. The molecule has 4 rings (SSSR count). The van der Waals surface area contributed by atoms with Crippen molar-refractivity contribution in [2.75, 3.05) is 72.5 Å². The number of amides is 2. The third-order valence-electron chi connectivity index (χ3n) is 7.49. The summed E-state index contributed by atoms with van der Waals surface area (Å²) in [6.07, 6.45) is 0.569. The van der Waals surface area contributed by atoms with Gasteiger partial charge in [-0.15, -0.1) is 0 Å². The fourth-order valence-corrected chi connectivity index (χ4v) is 5.73. The van der Waals surface area contributed by atoms with Gasteiger partial charge in [0.25, 0.3) is 11.8 Å². The van der Waals surface area contributed by atoms with Gasteiger partial charge < -0.3 is 19.3 Å². The summed E-state index contributed by atoms with van der Waals surface area (Å²) in [5, 5.41) is 0. The first-order chi connectivity index (χ1) is 19.1. The fourth-order valence-electron chi connectivity index (χ4n) is 5.19. The highest BCUT2D eigenvalue weighted by atomic mass is 32.2. The van der Waals surface area contributed by atoms with Crippen molar-refractivity contribution in [3.63, 3.8) is 0 Å². The number of piperazine rings is 1. The molecule has 0 aliphatic carbocycles. The number of nitrogens with zero attached hydrogens (tertiary/aromatic N) is 4. The lowest BCUT2D eigenvalue weighted by atomic mass is 9.99. The summed E-state index contributed by atoms with van der Waals surface area (Å²) in [5.41, 5.74) is 2.22. The molecule has 2 aliphatic heterocycles. The summed E-state index contributed by atoms with van der Waals surface area (Å²) < 4.78 is 41.1. The second kappa shape index (κ2) is 12.5. The Morgan fingerprint density at radius 2 is 1.65 bits per heavy atom. The first-order valence-corrected chi connectivity index (χ1v) is 14.8. The maximum absolute atomic E-state index is 14.0. The van der Waals surface area contributed by atoms with Gasteiger partial charge in [-0.05, 0) is 49.2 Å². The zero-order valence-electron chi connectivity index (χ0n) is 23.8. The largest absolute Gasteiger partial charge is 0.493 e. The number of benzene rings is 2. The van der Waals surface area contributed by atoms with Gasteiger partial charge in [0.05, 0.1) is 43.7 Å². The molecule has 0 saturated carbocycles. The molecule has 40 heavy (non-hydrogen) atoms. The highest BCUT2D eigenvalue weighted by Crippen LogP contribution is 2.40. The van der Waals surface area contributed by atoms with Gasteiger partial charge in [-0.3, -0.25) is 18.7 Å². The third-order valence-corrected chi connectivity index (χ3v) is 8.85. The van der Waals surface area contributed by atoms with E-state index < -0.39 is 16.3 Å². The van der Waals surface area contributed by atoms with Gasteiger partial charge in [-0.1, -0.05) is 19.1 Å². The number of rotatable bonds is 12. The normalized spacial score (nSPS) is 16.9. The van der Waals surface area contributed by atoms with E-state index in [0.717, 1.165) is 42.7 Å². The van der Waals surface area contributed by atoms with E-state index in [1.54, 1.807) is 24.3 Å². The molecular weight excluding hydrogens is 536 g/mol. The second-order valence-electron chi connectivity index (χ2n) is 9.94. The molecular formula is C28H38N4O7S. The van der Waals surface area contributed by atoms with E-state index in [1.807, 2.05) is 12.1 Å². The lowest BCUT2D eigenvalue weighted by Crippen LogP contribution is -2.46. The minimum atomic E-state index is -3.85. The molecule has 12 heteroatoms. The molecule has 218 valence electrons. The number of likely N-dealkylation sites (N-methyl/N-ethyl adjacent to an activating group) is 1. The van der Waals surface area contributed by atoms with Crippen LogP contribution in [0.15, 0.2) is 36.4 Å². The minimum Gasteiger partial charge on any atom is -0.493 e. The molecule has 1 saturated heterocycles. The smallest absolute Gasteiger partial charge is 0.337 e. The Kier molecular flexibility index (Phi) is 9.34. The van der Waals surface area contributed by atoms with Crippen LogP contribution in [0, 0.1) is 0 Å². The first-order valence-electron chi connectivity index (χ1n) is 13.4. The van der Waals surface area contributed by atoms with E-state index in [0.29, 0.717) is 28.2 Å². The molecule has 0 unspecified atom stereocenters. The number of anilines is 1. The maximum Gasteiger partial charge on any atom is 0.337 e. The number of carbonyl (C=O) groups excluding carboxylic acids is 2. The number of hydrogen-bond acceptors (Lipinski definition) is 9. The van der Waals surface area contributed by atoms with Gasteiger partial charge in [0.2, 0.25) is 0 Å². The summed E-state index contributed by atoms with van der Waals surface area (Å²) >= 11 is 0. The number of fused-ring (bicyclic) bond motifs is 1. The van der Waals surface area contributed by atoms with Gasteiger partial charge in [0, 0.05) is 40.3 Å². The predicted molar refractivity (Wildman–Crippen MR) is 151 cm³/mol. The summed E-state index contributed by atoms with van der Waals surface area (Å²) in [4.78, 5) is 33.7. The first kappa shape index (κ1) is 29.8. The second-order valence-corrected chi connectivity index (χ2v) is 11.8. The third kappa shape index (κ3) is 5.95. The predicted octanol–water partition coefficient (Wildman–Crippen LogP) is 2.79. The van der Waals surface area contributed by atoms with E-state index in [-0.39, 0.29) is 31.3 Å². The van der Waals surface area contributed by atoms with Gasteiger partial charge in [-0.2, -0.15) is 12.7 Å². The van der Waals surface area contributed by atoms with Crippen molar-refractivity contribution in [1.29, 1.82) is 0 Å². The SMILES string of the molecule is CCN1CCN(c2cccc3c2C(=O)N([C@H](CCCOS(=O)(=O)N(C)C)c2ccc(OC)c(OC)c2)C3=O)CC1. The van der Waals surface area contributed by atoms with Crippen LogP contribution in [0.4, 0.5) is 5.69 Å². The molecule has 1 fully saturated rings. The number of hydrogen-bond donors (Lipinski definition) is 0. The number of ether oxygens (including phenoxy) is 2. The summed E-state index contributed by atoms with van der Waals surface area (Å²) in [5.74, 6) is 0.231. The number of methoxy groups -OCH3 is 2. The number of carbonyl (C=O) groups is 2. The maximum atomic E-state index is 14.0. The van der Waals surface area contributed by atoms with Crippen LogP contribution in [-0.2, 0) is 14.5 Å². The Morgan fingerprint density at radius 3 is 2.27 bits per heavy atom. The van der Waals surface area contributed by atoms with E-state index in [4.69, 9.17) is 13.7 Å². The molecule has 11 nitrogen and oxygen atoms in total. The molecule has 0 N–H and O–H groups in total. The molecule has 0 spiro atoms. The van der Waals surface area contributed by atoms with Gasteiger partial charge in [0.1, 0.15) is 0 Å². The van der Waals surface area contributed by atoms with Crippen molar-refractivity contribution in [1.82, 2.24) is 14.1 Å². The monoisotopic (exact) mass is 574 g/mol. The topological polar surface area (TPSA) is 109 Å². The van der Waals surface area contributed by atoms with Gasteiger partial charge >= 0.3 is 10.3 Å². The summed E-state index contributed by atoms with van der Waals surface area (Å²) in [6, 6.07) is 10.0. The van der Waals surface area contributed by atoms with Crippen molar-refractivity contribution in [2.24, 2.45) is 0 Å². The Morgan fingerprint density at radius 1 is 0.950 bits per heavy atom. The standard InChI is InChI=1S/C28H38N4O7S/c1-6-30-14-16-31(17-15-30)23-10-7-9-21-26(23)28(34)32(27(21)33)22(11-8-18-39-40(35,36)29(2)3)20-12-13-24(37-4)25(19-20)38-5/h7,9-10,12-13,19,22H,6,8,11,14-18H2,1-5H3/t22-/m1/s1. The lowest BCUT2D eigenvalue weighted by molar-refractivity contribution is 0.0567. The Balaban J connectivity index is 1.66. The molecule has 0 aromatic heterocycles. The average Bonchev–Trinajstić information content (AvgIpc) is 3.22. The van der Waals surface area contributed by atoms with Gasteiger partial charge in [-0.25, -0.2) is 0 Å². The molecule has 0 bridgehead atoms. The highest BCUT2D eigenvalue weighted by Gasteiger charge is 2.43. The minimum absolute atomic E-state index is 0.0968. The van der Waals surface area contributed by atoms with Crippen LogP contribution < -0.4 is 14.4 Å². The van der Waals surface area contributed by atoms with Crippen molar-refractivity contribution in [2.45, 2.75) is 25.8 Å². The van der Waals surface area contributed by atoms with Crippen LogP contribution in [0.3, 0.4) is 0 Å². The van der Waals surface area contributed by atoms with Crippen LogP contribution >= 0.6 is 0 Å². The van der Waals surface area contributed by atoms with Crippen LogP contribution in [0.25, 0.3) is 0 Å².